The van der Waals surface area contributed by atoms with Crippen LogP contribution in [0, 0.1) is 19.3 Å². The number of rotatable bonds is 3. The lowest BCUT2D eigenvalue weighted by molar-refractivity contribution is 0.0881. The number of nitrogens with zero attached hydrogens (tertiary/aromatic N) is 4. The van der Waals surface area contributed by atoms with Crippen LogP contribution in [0.25, 0.3) is 5.78 Å². The molecule has 6 nitrogen and oxygen atoms in total. The Kier molecular flexibility index (Phi) is 3.98. The van der Waals surface area contributed by atoms with E-state index in [1.807, 2.05) is 33.8 Å². The second kappa shape index (κ2) is 5.34. The van der Waals surface area contributed by atoms with Crippen molar-refractivity contribution in [3.05, 3.63) is 23.3 Å². The summed E-state index contributed by atoms with van der Waals surface area (Å²) in [5.41, 5.74) is 1.56. The van der Waals surface area contributed by atoms with Gasteiger partial charge in [-0.15, -0.1) is 5.10 Å². The van der Waals surface area contributed by atoms with Gasteiger partial charge in [0.25, 0.3) is 11.7 Å². The Bertz CT molecular complexity index is 709. The summed E-state index contributed by atoms with van der Waals surface area (Å²) >= 11 is 0. The molecule has 0 radical (unpaired) electrons. The van der Waals surface area contributed by atoms with E-state index in [4.69, 9.17) is 0 Å². The molecule has 6 heteroatoms. The fourth-order valence-electron chi connectivity index (χ4n) is 3.00. The van der Waals surface area contributed by atoms with Crippen molar-refractivity contribution in [1.82, 2.24) is 24.9 Å². The lowest BCUT2D eigenvalue weighted by Gasteiger charge is -2.32. The molecule has 1 N–H and O–H groups in total. The maximum atomic E-state index is 12.4. The van der Waals surface area contributed by atoms with Crippen molar-refractivity contribution < 1.29 is 4.79 Å². The standard InChI is InChI=1S/C16H25N5O/c1-10-8-11(2)21-14(17-10)18-12(20-21)13(22)19-16(6,7)9-15(3,4)5/h8H,9H2,1-7H3,(H,19,22). The molecule has 0 aliphatic rings. The molecule has 0 bridgehead atoms. The van der Waals surface area contributed by atoms with E-state index in [1.165, 1.54) is 0 Å². The zero-order chi connectivity index (χ0) is 16.7. The molecule has 0 fully saturated rings. The Morgan fingerprint density at radius 1 is 1.18 bits per heavy atom. The minimum absolute atomic E-state index is 0.123. The predicted octanol–water partition coefficient (Wildman–Crippen LogP) is 2.69. The SMILES string of the molecule is Cc1cc(C)n2nc(C(=O)NC(C)(C)CC(C)(C)C)nc2n1. The van der Waals surface area contributed by atoms with Crippen molar-refractivity contribution in [2.45, 2.75) is 60.4 Å². The van der Waals surface area contributed by atoms with Gasteiger partial charge < -0.3 is 5.32 Å². The highest BCUT2D eigenvalue weighted by molar-refractivity contribution is 5.91. The van der Waals surface area contributed by atoms with Crippen LogP contribution in [-0.4, -0.2) is 31.0 Å². The number of hydrogen-bond acceptors (Lipinski definition) is 4. The number of fused-ring (bicyclic) bond motifs is 1. The Hall–Kier alpha value is -1.98. The van der Waals surface area contributed by atoms with Gasteiger partial charge in [0.05, 0.1) is 0 Å². The first kappa shape index (κ1) is 16.4. The molecular formula is C16H25N5O. The normalized spacial score (nSPS) is 12.7. The van der Waals surface area contributed by atoms with Gasteiger partial charge in [0.15, 0.2) is 0 Å². The van der Waals surface area contributed by atoms with E-state index in [0.29, 0.717) is 5.78 Å². The molecule has 120 valence electrons. The van der Waals surface area contributed by atoms with Gasteiger partial charge in [-0.3, -0.25) is 4.79 Å². The average molecular weight is 303 g/mol. The first-order valence-electron chi connectivity index (χ1n) is 7.50. The van der Waals surface area contributed by atoms with Gasteiger partial charge in [0.2, 0.25) is 5.82 Å². The minimum Gasteiger partial charge on any atom is -0.344 e. The van der Waals surface area contributed by atoms with Crippen LogP contribution in [-0.2, 0) is 0 Å². The Morgan fingerprint density at radius 2 is 1.82 bits per heavy atom. The highest BCUT2D eigenvalue weighted by Crippen LogP contribution is 2.26. The summed E-state index contributed by atoms with van der Waals surface area (Å²) < 4.78 is 1.60. The molecule has 0 unspecified atom stereocenters. The van der Waals surface area contributed by atoms with Crippen molar-refractivity contribution in [2.75, 3.05) is 0 Å². The maximum absolute atomic E-state index is 12.4. The average Bonchev–Trinajstić information content (AvgIpc) is 2.68. The van der Waals surface area contributed by atoms with Gasteiger partial charge in [-0.25, -0.2) is 9.50 Å². The monoisotopic (exact) mass is 303 g/mol. The second-order valence-electron chi connectivity index (χ2n) is 7.76. The number of carbonyl (C=O) groups excluding carboxylic acids is 1. The summed E-state index contributed by atoms with van der Waals surface area (Å²) in [6.07, 6.45) is 0.857. The van der Waals surface area contributed by atoms with E-state index in [0.717, 1.165) is 17.8 Å². The summed E-state index contributed by atoms with van der Waals surface area (Å²) in [5.74, 6) is 0.344. The third-order valence-corrected chi connectivity index (χ3v) is 3.25. The summed E-state index contributed by atoms with van der Waals surface area (Å²) in [7, 11) is 0. The van der Waals surface area contributed by atoms with Crippen LogP contribution in [0.5, 0.6) is 0 Å². The summed E-state index contributed by atoms with van der Waals surface area (Å²) in [6, 6.07) is 1.91. The highest BCUT2D eigenvalue weighted by atomic mass is 16.2. The van der Waals surface area contributed by atoms with Crippen LogP contribution in [0.2, 0.25) is 0 Å². The molecule has 2 aromatic heterocycles. The molecule has 22 heavy (non-hydrogen) atoms. The lowest BCUT2D eigenvalue weighted by Crippen LogP contribution is -2.46. The van der Waals surface area contributed by atoms with Gasteiger partial charge >= 0.3 is 0 Å². The van der Waals surface area contributed by atoms with E-state index >= 15 is 0 Å². The van der Waals surface area contributed by atoms with Crippen LogP contribution in [0.15, 0.2) is 6.07 Å². The van der Waals surface area contributed by atoms with E-state index in [2.05, 4.69) is 41.2 Å². The quantitative estimate of drug-likeness (QED) is 0.946. The molecule has 0 saturated heterocycles. The molecule has 0 aliphatic carbocycles. The fourth-order valence-corrected chi connectivity index (χ4v) is 3.00. The third kappa shape index (κ3) is 3.81. The maximum Gasteiger partial charge on any atom is 0.291 e. The molecule has 2 heterocycles. The van der Waals surface area contributed by atoms with Crippen molar-refractivity contribution in [3.8, 4) is 0 Å². The molecule has 0 aliphatic heterocycles. The van der Waals surface area contributed by atoms with Crippen LogP contribution in [0.3, 0.4) is 0 Å². The molecule has 2 rings (SSSR count). The number of amides is 1. The third-order valence-electron chi connectivity index (χ3n) is 3.25. The molecule has 0 atom stereocenters. The number of hydrogen-bond donors (Lipinski definition) is 1. The topological polar surface area (TPSA) is 72.2 Å². The van der Waals surface area contributed by atoms with Crippen molar-refractivity contribution >= 4 is 11.7 Å². The summed E-state index contributed by atoms with van der Waals surface area (Å²) in [6.45, 7) is 14.3. The van der Waals surface area contributed by atoms with Crippen LogP contribution < -0.4 is 5.32 Å². The molecule has 0 saturated carbocycles. The van der Waals surface area contributed by atoms with Crippen molar-refractivity contribution in [3.63, 3.8) is 0 Å². The van der Waals surface area contributed by atoms with E-state index in [-0.39, 0.29) is 22.7 Å². The minimum atomic E-state index is -0.328. The van der Waals surface area contributed by atoms with Crippen LogP contribution in [0.4, 0.5) is 0 Å². The molecule has 2 aromatic rings. The van der Waals surface area contributed by atoms with Gasteiger partial charge in [-0.1, -0.05) is 20.8 Å². The van der Waals surface area contributed by atoms with Gasteiger partial charge in [-0.05, 0) is 45.6 Å². The first-order valence-corrected chi connectivity index (χ1v) is 7.50. The predicted molar refractivity (Wildman–Crippen MR) is 85.9 cm³/mol. The van der Waals surface area contributed by atoms with Crippen LogP contribution >= 0.6 is 0 Å². The fraction of sp³-hybridized carbons (Fsp3) is 0.625. The van der Waals surface area contributed by atoms with E-state index in [9.17, 15) is 4.79 Å². The van der Waals surface area contributed by atoms with E-state index in [1.54, 1.807) is 4.52 Å². The molecular weight excluding hydrogens is 278 g/mol. The van der Waals surface area contributed by atoms with Gasteiger partial charge in [0.1, 0.15) is 0 Å². The number of nitrogens with one attached hydrogen (secondary N) is 1. The lowest BCUT2D eigenvalue weighted by atomic mass is 9.82. The Balaban J connectivity index is 2.25. The second-order valence-corrected chi connectivity index (χ2v) is 7.76. The zero-order valence-corrected chi connectivity index (χ0v) is 14.5. The number of carbonyl (C=O) groups is 1. The summed E-state index contributed by atoms with van der Waals surface area (Å²) in [5, 5.41) is 7.28. The van der Waals surface area contributed by atoms with Gasteiger partial charge in [-0.2, -0.15) is 4.98 Å². The highest BCUT2D eigenvalue weighted by Gasteiger charge is 2.28. The van der Waals surface area contributed by atoms with Crippen LogP contribution in [0.1, 0.15) is 63.0 Å². The van der Waals surface area contributed by atoms with Crippen molar-refractivity contribution in [2.24, 2.45) is 5.41 Å². The Morgan fingerprint density at radius 3 is 2.41 bits per heavy atom. The van der Waals surface area contributed by atoms with Gasteiger partial charge in [0, 0.05) is 16.9 Å². The van der Waals surface area contributed by atoms with Crippen molar-refractivity contribution in [1.29, 1.82) is 0 Å². The molecule has 1 amide bonds. The number of aryl methyl sites for hydroxylation is 2. The largest absolute Gasteiger partial charge is 0.344 e. The zero-order valence-electron chi connectivity index (χ0n) is 14.5. The first-order chi connectivity index (χ1) is 9.97. The smallest absolute Gasteiger partial charge is 0.291 e. The number of aromatic nitrogens is 4. The van der Waals surface area contributed by atoms with E-state index < -0.39 is 0 Å². The molecule has 0 aromatic carbocycles. The molecule has 0 spiro atoms. The summed E-state index contributed by atoms with van der Waals surface area (Å²) in [4.78, 5) is 21.0. The Labute approximate surface area is 131 Å².